The van der Waals surface area contributed by atoms with Gasteiger partial charge < -0.3 is 10.6 Å². The van der Waals surface area contributed by atoms with Gasteiger partial charge in [-0.25, -0.2) is 0 Å². The minimum atomic E-state index is -0.308. The molecule has 0 unspecified atom stereocenters. The highest BCUT2D eigenvalue weighted by molar-refractivity contribution is 5.68. The number of anilines is 2. The third-order valence-corrected chi connectivity index (χ3v) is 6.02. The van der Waals surface area contributed by atoms with Crippen LogP contribution >= 0.6 is 0 Å². The Bertz CT molecular complexity index is 613. The molecule has 0 spiro atoms. The van der Waals surface area contributed by atoms with Gasteiger partial charge >= 0.3 is 0 Å². The van der Waals surface area contributed by atoms with E-state index >= 15 is 0 Å². The zero-order valence-electron chi connectivity index (χ0n) is 13.4. The monoisotopic (exact) mass is 316 g/mol. The lowest BCUT2D eigenvalue weighted by atomic mass is 9.93. The fourth-order valence-corrected chi connectivity index (χ4v) is 4.90. The molecular formula is C17H24N4O2. The summed E-state index contributed by atoms with van der Waals surface area (Å²) in [5.41, 5.74) is 7.26. The standard InChI is InChI=1S/C17H24N4O2/c18-14-3-4-15(21(22)23)17(11-14)20-7-5-19(6-8-20)16-10-12-1-2-13(16)9-12/h3-4,11-13,16H,1-2,5-10,18H2/t12-,13-,16+/m0/s1. The third kappa shape index (κ3) is 2.65. The van der Waals surface area contributed by atoms with Crippen LogP contribution < -0.4 is 10.6 Å². The van der Waals surface area contributed by atoms with Crippen LogP contribution in [0.3, 0.4) is 0 Å². The van der Waals surface area contributed by atoms with E-state index in [9.17, 15) is 10.1 Å². The van der Waals surface area contributed by atoms with Gasteiger partial charge in [-0.3, -0.25) is 15.0 Å². The minimum Gasteiger partial charge on any atom is -0.399 e. The van der Waals surface area contributed by atoms with E-state index in [1.165, 1.54) is 31.7 Å². The van der Waals surface area contributed by atoms with Crippen LogP contribution in [0.4, 0.5) is 17.1 Å². The van der Waals surface area contributed by atoms with Crippen molar-refractivity contribution in [2.75, 3.05) is 36.8 Å². The quantitative estimate of drug-likeness (QED) is 0.527. The highest BCUT2D eigenvalue weighted by Crippen LogP contribution is 2.46. The molecule has 4 rings (SSSR count). The number of piperazine rings is 1. The van der Waals surface area contributed by atoms with E-state index in [-0.39, 0.29) is 10.6 Å². The van der Waals surface area contributed by atoms with E-state index in [1.807, 2.05) is 0 Å². The topological polar surface area (TPSA) is 75.6 Å². The normalized spacial score (nSPS) is 30.8. The molecule has 1 saturated heterocycles. The molecule has 1 aromatic rings. The molecule has 1 aliphatic heterocycles. The van der Waals surface area contributed by atoms with E-state index in [0.717, 1.165) is 44.1 Å². The Hall–Kier alpha value is -1.82. The Morgan fingerprint density at radius 3 is 2.52 bits per heavy atom. The first kappa shape index (κ1) is 14.8. The number of fused-ring (bicyclic) bond motifs is 2. The number of hydrogen-bond donors (Lipinski definition) is 1. The Morgan fingerprint density at radius 2 is 1.91 bits per heavy atom. The molecule has 6 heteroatoms. The maximum atomic E-state index is 11.3. The minimum absolute atomic E-state index is 0.160. The van der Waals surface area contributed by atoms with Gasteiger partial charge in [0.2, 0.25) is 0 Å². The molecule has 1 aromatic carbocycles. The molecule has 0 aromatic heterocycles. The van der Waals surface area contributed by atoms with Gasteiger partial charge in [-0.1, -0.05) is 6.42 Å². The predicted molar refractivity (Wildman–Crippen MR) is 90.5 cm³/mol. The van der Waals surface area contributed by atoms with Crippen LogP contribution in [0.5, 0.6) is 0 Å². The second-order valence-corrected chi connectivity index (χ2v) is 7.27. The van der Waals surface area contributed by atoms with Crippen molar-refractivity contribution in [3.8, 4) is 0 Å². The van der Waals surface area contributed by atoms with E-state index in [1.54, 1.807) is 12.1 Å². The van der Waals surface area contributed by atoms with Gasteiger partial charge in [0, 0.05) is 44.0 Å². The molecule has 2 saturated carbocycles. The van der Waals surface area contributed by atoms with Crippen molar-refractivity contribution in [1.29, 1.82) is 0 Å². The van der Waals surface area contributed by atoms with Crippen molar-refractivity contribution >= 4 is 17.1 Å². The summed E-state index contributed by atoms with van der Waals surface area (Å²) in [6, 6.07) is 5.62. The summed E-state index contributed by atoms with van der Waals surface area (Å²) in [5.74, 6) is 1.85. The number of rotatable bonds is 3. The molecule has 2 bridgehead atoms. The maximum absolute atomic E-state index is 11.3. The van der Waals surface area contributed by atoms with Gasteiger partial charge in [-0.15, -0.1) is 0 Å². The number of nitrogens with two attached hydrogens (primary N) is 1. The maximum Gasteiger partial charge on any atom is 0.292 e. The fraction of sp³-hybridized carbons (Fsp3) is 0.647. The van der Waals surface area contributed by atoms with E-state index in [0.29, 0.717) is 11.4 Å². The largest absolute Gasteiger partial charge is 0.399 e. The second-order valence-electron chi connectivity index (χ2n) is 7.27. The Morgan fingerprint density at radius 1 is 1.13 bits per heavy atom. The van der Waals surface area contributed by atoms with Gasteiger partial charge in [0.15, 0.2) is 0 Å². The summed E-state index contributed by atoms with van der Waals surface area (Å²) < 4.78 is 0. The van der Waals surface area contributed by atoms with E-state index in [2.05, 4.69) is 9.80 Å². The van der Waals surface area contributed by atoms with Crippen LogP contribution in [0.2, 0.25) is 0 Å². The van der Waals surface area contributed by atoms with Crippen LogP contribution in [0.15, 0.2) is 18.2 Å². The molecule has 2 N–H and O–H groups in total. The van der Waals surface area contributed by atoms with Gasteiger partial charge in [-0.05, 0) is 43.2 Å². The number of nitro groups is 1. The highest BCUT2D eigenvalue weighted by Gasteiger charge is 2.42. The SMILES string of the molecule is Nc1ccc([N+](=O)[O-])c(N2CCN([C@@H]3C[C@H]4CC[C@H]3C4)CC2)c1. The van der Waals surface area contributed by atoms with Crippen LogP contribution in [-0.4, -0.2) is 42.0 Å². The summed E-state index contributed by atoms with van der Waals surface area (Å²) >= 11 is 0. The fourth-order valence-electron chi connectivity index (χ4n) is 4.90. The van der Waals surface area contributed by atoms with Crippen LogP contribution in [0.1, 0.15) is 25.7 Å². The second kappa shape index (κ2) is 5.67. The average molecular weight is 316 g/mol. The third-order valence-electron chi connectivity index (χ3n) is 6.02. The molecule has 124 valence electrons. The number of nitrogens with zero attached hydrogens (tertiary/aromatic N) is 3. The molecule has 2 aliphatic carbocycles. The van der Waals surface area contributed by atoms with E-state index < -0.39 is 0 Å². The smallest absolute Gasteiger partial charge is 0.292 e. The van der Waals surface area contributed by atoms with Crippen molar-refractivity contribution in [2.45, 2.75) is 31.7 Å². The first-order valence-electron chi connectivity index (χ1n) is 8.65. The Kier molecular flexibility index (Phi) is 3.64. The van der Waals surface area contributed by atoms with Crippen LogP contribution in [0, 0.1) is 22.0 Å². The lowest BCUT2D eigenvalue weighted by Gasteiger charge is -2.41. The van der Waals surface area contributed by atoms with Gasteiger partial charge in [-0.2, -0.15) is 0 Å². The van der Waals surface area contributed by atoms with E-state index in [4.69, 9.17) is 5.73 Å². The first-order chi connectivity index (χ1) is 11.1. The number of hydrogen-bond acceptors (Lipinski definition) is 5. The van der Waals surface area contributed by atoms with Gasteiger partial charge in [0.25, 0.3) is 5.69 Å². The van der Waals surface area contributed by atoms with Crippen molar-refractivity contribution in [2.24, 2.45) is 11.8 Å². The number of nitrogen functional groups attached to an aromatic ring is 1. The lowest BCUT2D eigenvalue weighted by molar-refractivity contribution is -0.384. The average Bonchev–Trinajstić information content (AvgIpc) is 3.18. The summed E-state index contributed by atoms with van der Waals surface area (Å²) in [6.07, 6.45) is 5.61. The number of benzene rings is 1. The molecule has 3 aliphatic rings. The zero-order chi connectivity index (χ0) is 16.0. The zero-order valence-corrected chi connectivity index (χ0v) is 13.4. The molecule has 1 heterocycles. The molecule has 23 heavy (non-hydrogen) atoms. The van der Waals surface area contributed by atoms with Crippen LogP contribution in [-0.2, 0) is 0 Å². The Balaban J connectivity index is 1.46. The molecule has 3 fully saturated rings. The van der Waals surface area contributed by atoms with Crippen molar-refractivity contribution in [3.05, 3.63) is 28.3 Å². The van der Waals surface area contributed by atoms with Gasteiger partial charge in [0.1, 0.15) is 5.69 Å². The summed E-state index contributed by atoms with van der Waals surface area (Å²) in [7, 11) is 0. The molecular weight excluding hydrogens is 292 g/mol. The summed E-state index contributed by atoms with van der Waals surface area (Å²) in [4.78, 5) is 15.7. The molecule has 6 nitrogen and oxygen atoms in total. The van der Waals surface area contributed by atoms with Crippen molar-refractivity contribution in [3.63, 3.8) is 0 Å². The lowest BCUT2D eigenvalue weighted by Crippen LogP contribution is -2.51. The first-order valence-corrected chi connectivity index (χ1v) is 8.65. The van der Waals surface area contributed by atoms with Crippen molar-refractivity contribution < 1.29 is 4.92 Å². The van der Waals surface area contributed by atoms with Crippen molar-refractivity contribution in [1.82, 2.24) is 4.90 Å². The highest BCUT2D eigenvalue weighted by atomic mass is 16.6. The van der Waals surface area contributed by atoms with Gasteiger partial charge in [0.05, 0.1) is 4.92 Å². The molecule has 0 amide bonds. The summed E-state index contributed by atoms with van der Waals surface area (Å²) in [6.45, 7) is 3.69. The summed E-state index contributed by atoms with van der Waals surface area (Å²) in [5, 5.41) is 11.3. The predicted octanol–water partition coefficient (Wildman–Crippen LogP) is 2.49. The molecule has 0 radical (unpaired) electrons. The molecule has 3 atom stereocenters. The Labute approximate surface area is 136 Å². The number of nitro benzene ring substituents is 1. The van der Waals surface area contributed by atoms with Crippen LogP contribution in [0.25, 0.3) is 0 Å².